The van der Waals surface area contributed by atoms with Gasteiger partial charge in [-0.25, -0.2) is 4.39 Å². The van der Waals surface area contributed by atoms with Crippen LogP contribution >= 0.6 is 0 Å². The Kier molecular flexibility index (Phi) is 12.1. The molecule has 1 radical (unpaired) electrons. The summed E-state index contributed by atoms with van der Waals surface area (Å²) in [4.78, 5) is 16.3. The van der Waals surface area contributed by atoms with Crippen molar-refractivity contribution in [3.05, 3.63) is 90.1 Å². The van der Waals surface area contributed by atoms with E-state index in [0.29, 0.717) is 11.2 Å². The predicted octanol–water partition coefficient (Wildman–Crippen LogP) is 10.9. The number of benzene rings is 3. The third kappa shape index (κ3) is 7.65. The molecule has 0 atom stereocenters. The number of hydrogen-bond donors (Lipinski definition) is 1. The summed E-state index contributed by atoms with van der Waals surface area (Å²) in [5.74, 6) is 0.236. The van der Waals surface area contributed by atoms with Crippen LogP contribution in [0, 0.1) is 23.7 Å². The molecule has 0 aliphatic heterocycles. The van der Waals surface area contributed by atoms with Gasteiger partial charge in [-0.1, -0.05) is 77.6 Å². The fourth-order valence-corrected chi connectivity index (χ4v) is 5.63. The van der Waals surface area contributed by atoms with Gasteiger partial charge in [0.1, 0.15) is 17.0 Å². The summed E-state index contributed by atoms with van der Waals surface area (Å²) < 4.78 is 19.7. The first-order chi connectivity index (χ1) is 20.5. The van der Waals surface area contributed by atoms with Crippen LogP contribution in [0.5, 0.6) is 0 Å². The van der Waals surface area contributed by atoms with Gasteiger partial charge in [-0.05, 0) is 49.3 Å². The minimum absolute atomic E-state index is 0. The van der Waals surface area contributed by atoms with Crippen molar-refractivity contribution in [1.29, 1.82) is 0 Å². The Morgan fingerprint density at radius 3 is 2.23 bits per heavy atom. The van der Waals surface area contributed by atoms with Gasteiger partial charge in [0.15, 0.2) is 5.78 Å². The zero-order chi connectivity index (χ0) is 31.3. The summed E-state index contributed by atoms with van der Waals surface area (Å²) >= 11 is 0. The number of nitrogens with zero attached hydrogens (tertiary/aromatic N) is 1. The SMILES string of the molecule is CC(C)(C)c1cc(-c2nccc3c2oc2cc(F)ccc23)[c-]c2ccccc12.CCC(CC)C(=O)/C=C(\O)C(CC)CC.[Ir]. The Hall–Kier alpha value is -3.34. The zero-order valence-corrected chi connectivity index (χ0v) is 29.2. The number of aliphatic hydroxyl groups is 1. The second-order valence-electron chi connectivity index (χ2n) is 12.2. The van der Waals surface area contributed by atoms with Crippen molar-refractivity contribution in [3.63, 3.8) is 0 Å². The number of carbonyl (C=O) groups is 1. The van der Waals surface area contributed by atoms with Crippen LogP contribution in [0.1, 0.15) is 79.7 Å². The average Bonchev–Trinajstić information content (AvgIpc) is 3.35. The molecular weight excluding hydrogens is 730 g/mol. The number of furan rings is 1. The number of aromatic nitrogens is 1. The number of aliphatic hydroxyl groups excluding tert-OH is 1. The first-order valence-corrected chi connectivity index (χ1v) is 15.4. The number of fused-ring (bicyclic) bond motifs is 4. The summed E-state index contributed by atoms with van der Waals surface area (Å²) in [7, 11) is 0. The Bertz CT molecular complexity index is 1760. The van der Waals surface area contributed by atoms with Crippen molar-refractivity contribution in [2.75, 3.05) is 0 Å². The Labute approximate surface area is 274 Å². The number of carbonyl (C=O) groups excluding carboxylic acids is 1. The van der Waals surface area contributed by atoms with Gasteiger partial charge in [0.05, 0.1) is 5.76 Å². The second kappa shape index (κ2) is 15.1. The first kappa shape index (κ1) is 35.1. The standard InChI is InChI=1S/C25H19FNO.C13H24O2.Ir/c1-25(2,3)21-13-16(12-15-6-4-5-7-18(15)21)23-24-20(10-11-27-23)19-9-8-17(26)14-22(19)28-24;1-5-10(6-2)12(14)9-13(15)11(7-3)8-4;/h4-11,13-14H,1-3H3;9-11,14H,5-8H2,1-4H3;/q-1;;/b;12-9-;. The number of hydrogen-bond acceptors (Lipinski definition) is 4. The average molecular weight is 773 g/mol. The molecule has 4 nitrogen and oxygen atoms in total. The van der Waals surface area contributed by atoms with Gasteiger partial charge in [-0.15, -0.1) is 29.1 Å². The largest absolute Gasteiger partial charge is 0.512 e. The monoisotopic (exact) mass is 773 g/mol. The van der Waals surface area contributed by atoms with Gasteiger partial charge in [-0.2, -0.15) is 0 Å². The van der Waals surface area contributed by atoms with Crippen molar-refractivity contribution in [2.24, 2.45) is 11.8 Å². The van der Waals surface area contributed by atoms with Crippen molar-refractivity contribution >= 4 is 38.5 Å². The second-order valence-corrected chi connectivity index (χ2v) is 12.2. The van der Waals surface area contributed by atoms with E-state index in [2.05, 4.69) is 56.1 Å². The fraction of sp³-hybridized carbons (Fsp3) is 0.368. The third-order valence-corrected chi connectivity index (χ3v) is 8.27. The molecule has 235 valence electrons. The molecule has 0 unspecified atom stereocenters. The molecule has 3 aromatic carbocycles. The maximum Gasteiger partial charge on any atom is 0.162 e. The van der Waals surface area contributed by atoms with Gasteiger partial charge in [0, 0.05) is 66.7 Å². The van der Waals surface area contributed by atoms with E-state index < -0.39 is 0 Å². The molecule has 5 rings (SSSR count). The van der Waals surface area contributed by atoms with E-state index in [0.717, 1.165) is 53.1 Å². The minimum atomic E-state index is -0.312. The first-order valence-electron chi connectivity index (χ1n) is 15.4. The molecule has 5 aromatic rings. The molecule has 0 aliphatic carbocycles. The van der Waals surface area contributed by atoms with E-state index in [1.807, 2.05) is 39.8 Å². The zero-order valence-electron chi connectivity index (χ0n) is 26.8. The summed E-state index contributed by atoms with van der Waals surface area (Å²) in [5.41, 5.74) is 4.00. The van der Waals surface area contributed by atoms with Crippen LogP contribution in [0.3, 0.4) is 0 Å². The van der Waals surface area contributed by atoms with Crippen LogP contribution in [0.4, 0.5) is 4.39 Å². The van der Waals surface area contributed by atoms with Gasteiger partial charge in [0.2, 0.25) is 0 Å². The number of rotatable bonds is 8. The van der Waals surface area contributed by atoms with Crippen LogP contribution < -0.4 is 0 Å². The minimum Gasteiger partial charge on any atom is -0.512 e. The number of ketones is 1. The molecule has 0 aliphatic rings. The molecule has 0 saturated carbocycles. The molecule has 0 bridgehead atoms. The number of halogens is 1. The molecule has 1 N–H and O–H groups in total. The summed E-state index contributed by atoms with van der Waals surface area (Å²) in [6.07, 6.45) is 6.68. The quantitative estimate of drug-likeness (QED) is 0.0969. The van der Waals surface area contributed by atoms with E-state index in [9.17, 15) is 14.3 Å². The molecule has 2 aromatic heterocycles. The topological polar surface area (TPSA) is 63.3 Å². The molecule has 0 saturated heterocycles. The molecule has 0 amide bonds. The van der Waals surface area contributed by atoms with E-state index in [-0.39, 0.29) is 54.7 Å². The van der Waals surface area contributed by atoms with E-state index in [1.54, 1.807) is 12.3 Å². The van der Waals surface area contributed by atoms with E-state index in [4.69, 9.17) is 4.42 Å². The molecule has 0 spiro atoms. The van der Waals surface area contributed by atoms with Crippen molar-refractivity contribution in [3.8, 4) is 11.3 Å². The van der Waals surface area contributed by atoms with Crippen molar-refractivity contribution in [2.45, 2.75) is 79.6 Å². The maximum absolute atomic E-state index is 13.7. The normalized spacial score (nSPS) is 12.1. The Morgan fingerprint density at radius 1 is 0.932 bits per heavy atom. The molecular formula is C38H43FIrNO3-. The van der Waals surface area contributed by atoms with Crippen LogP contribution in [0.25, 0.3) is 44.0 Å². The van der Waals surface area contributed by atoms with Crippen LogP contribution in [-0.2, 0) is 30.3 Å². The van der Waals surface area contributed by atoms with Gasteiger partial charge in [0.25, 0.3) is 0 Å². The van der Waals surface area contributed by atoms with Crippen LogP contribution in [0.2, 0.25) is 0 Å². The smallest absolute Gasteiger partial charge is 0.162 e. The summed E-state index contributed by atoms with van der Waals surface area (Å²) in [6, 6.07) is 20.5. The van der Waals surface area contributed by atoms with Gasteiger partial charge < -0.3 is 9.52 Å². The molecule has 6 heteroatoms. The number of pyridine rings is 1. The van der Waals surface area contributed by atoms with Gasteiger partial charge in [-0.3, -0.25) is 9.78 Å². The Balaban J connectivity index is 0.000000286. The van der Waals surface area contributed by atoms with Crippen molar-refractivity contribution in [1.82, 2.24) is 4.98 Å². The number of allylic oxidation sites excluding steroid dienone is 2. The third-order valence-electron chi connectivity index (χ3n) is 8.27. The molecule has 0 fully saturated rings. The van der Waals surface area contributed by atoms with Crippen LogP contribution in [-0.4, -0.2) is 15.9 Å². The fourth-order valence-electron chi connectivity index (χ4n) is 5.63. The summed E-state index contributed by atoms with van der Waals surface area (Å²) in [5, 5.41) is 13.8. The molecule has 2 heterocycles. The molecule has 44 heavy (non-hydrogen) atoms. The van der Waals surface area contributed by atoms with Gasteiger partial charge >= 0.3 is 0 Å². The van der Waals surface area contributed by atoms with E-state index in [1.165, 1.54) is 29.2 Å². The maximum atomic E-state index is 13.7. The van der Waals surface area contributed by atoms with Crippen LogP contribution in [0.15, 0.2) is 77.0 Å². The predicted molar refractivity (Wildman–Crippen MR) is 176 cm³/mol. The van der Waals surface area contributed by atoms with E-state index >= 15 is 0 Å². The Morgan fingerprint density at radius 2 is 1.59 bits per heavy atom. The van der Waals surface area contributed by atoms with Crippen molar-refractivity contribution < 1.29 is 38.8 Å². The summed E-state index contributed by atoms with van der Waals surface area (Å²) in [6.45, 7) is 14.7.